The second-order valence-corrected chi connectivity index (χ2v) is 8.11. The van der Waals surface area contributed by atoms with Crippen LogP contribution in [0.1, 0.15) is 33.6 Å². The lowest BCUT2D eigenvalue weighted by atomic mass is 9.94. The third-order valence-corrected chi connectivity index (χ3v) is 6.11. The summed E-state index contributed by atoms with van der Waals surface area (Å²) >= 11 is 0. The SMILES string of the molecule is O=C1c2cccc3cccc(c23)C(=O)N1CCCCNN1CCN(c2ncccn2)CC1. The molecule has 3 heterocycles. The van der Waals surface area contributed by atoms with Gasteiger partial charge in [0.15, 0.2) is 0 Å². The first-order chi connectivity index (χ1) is 15.7. The molecule has 2 aromatic carbocycles. The standard InChI is InChI=1S/C24H26N6O2/c31-22-19-8-3-6-18-7-4-9-20(21(18)19)23(32)30(22)13-2-1-12-27-29-16-14-28(15-17-29)24-25-10-5-11-26-24/h3-11,27H,1-2,12-17H2. The van der Waals surface area contributed by atoms with E-state index in [-0.39, 0.29) is 11.8 Å². The average Bonchev–Trinajstić information content (AvgIpc) is 2.85. The van der Waals surface area contributed by atoms with E-state index in [0.717, 1.165) is 62.3 Å². The van der Waals surface area contributed by atoms with Crippen molar-refractivity contribution in [2.24, 2.45) is 0 Å². The fourth-order valence-electron chi connectivity index (χ4n) is 4.43. The van der Waals surface area contributed by atoms with Crippen molar-refractivity contribution in [2.75, 3.05) is 44.2 Å². The molecular formula is C24H26N6O2. The molecule has 2 aliphatic rings. The Balaban J connectivity index is 1.09. The summed E-state index contributed by atoms with van der Waals surface area (Å²) in [6.45, 7) is 4.77. The number of benzene rings is 2. The fourth-order valence-corrected chi connectivity index (χ4v) is 4.43. The summed E-state index contributed by atoms with van der Waals surface area (Å²) < 4.78 is 0. The Hall–Kier alpha value is -3.36. The van der Waals surface area contributed by atoms with E-state index in [9.17, 15) is 9.59 Å². The van der Waals surface area contributed by atoms with Crippen LogP contribution in [0.5, 0.6) is 0 Å². The lowest BCUT2D eigenvalue weighted by molar-refractivity contribution is 0.0607. The zero-order chi connectivity index (χ0) is 21.9. The number of amides is 2. The van der Waals surface area contributed by atoms with Crippen LogP contribution in [0.25, 0.3) is 10.8 Å². The number of unbranched alkanes of at least 4 members (excludes halogenated alkanes) is 1. The fraction of sp³-hybridized carbons (Fsp3) is 0.333. The zero-order valence-electron chi connectivity index (χ0n) is 17.9. The summed E-state index contributed by atoms with van der Waals surface area (Å²) in [6, 6.07) is 13.1. The Morgan fingerprint density at radius 1 is 0.812 bits per heavy atom. The first-order valence-corrected chi connectivity index (χ1v) is 11.1. The number of rotatable bonds is 7. The third kappa shape index (κ3) is 3.94. The van der Waals surface area contributed by atoms with Crippen LogP contribution in [0.2, 0.25) is 0 Å². The highest BCUT2D eigenvalue weighted by molar-refractivity contribution is 6.25. The second-order valence-electron chi connectivity index (χ2n) is 8.11. The van der Waals surface area contributed by atoms with Gasteiger partial charge in [-0.15, -0.1) is 0 Å². The predicted molar refractivity (Wildman–Crippen MR) is 122 cm³/mol. The van der Waals surface area contributed by atoms with E-state index in [1.165, 1.54) is 4.90 Å². The van der Waals surface area contributed by atoms with Crippen molar-refractivity contribution >= 4 is 28.5 Å². The van der Waals surface area contributed by atoms with Crippen molar-refractivity contribution < 1.29 is 9.59 Å². The lowest BCUT2D eigenvalue weighted by Gasteiger charge is -2.34. The summed E-state index contributed by atoms with van der Waals surface area (Å²) in [4.78, 5) is 38.1. The first-order valence-electron chi connectivity index (χ1n) is 11.1. The van der Waals surface area contributed by atoms with Crippen LogP contribution in [0, 0.1) is 0 Å². The van der Waals surface area contributed by atoms with E-state index in [4.69, 9.17) is 0 Å². The van der Waals surface area contributed by atoms with Crippen molar-refractivity contribution in [2.45, 2.75) is 12.8 Å². The number of aromatic nitrogens is 2. The van der Waals surface area contributed by atoms with Crippen LogP contribution in [0.4, 0.5) is 5.95 Å². The van der Waals surface area contributed by atoms with E-state index < -0.39 is 0 Å². The number of nitrogens with zero attached hydrogens (tertiary/aromatic N) is 5. The van der Waals surface area contributed by atoms with E-state index in [2.05, 4.69) is 25.3 Å². The molecule has 0 atom stereocenters. The number of carbonyl (C=O) groups excluding carboxylic acids is 2. The van der Waals surface area contributed by atoms with Gasteiger partial charge in [-0.05, 0) is 36.4 Å². The summed E-state index contributed by atoms with van der Waals surface area (Å²) in [5.74, 6) is 0.401. The van der Waals surface area contributed by atoms with Gasteiger partial charge in [-0.1, -0.05) is 24.3 Å². The van der Waals surface area contributed by atoms with E-state index in [1.807, 2.05) is 42.5 Å². The summed E-state index contributed by atoms with van der Waals surface area (Å²) in [5.41, 5.74) is 4.71. The van der Waals surface area contributed by atoms with Crippen LogP contribution in [-0.4, -0.2) is 71.0 Å². The molecule has 2 aliphatic heterocycles. The highest BCUT2D eigenvalue weighted by Crippen LogP contribution is 2.30. The molecule has 8 heteroatoms. The van der Waals surface area contributed by atoms with Crippen molar-refractivity contribution in [1.29, 1.82) is 0 Å². The van der Waals surface area contributed by atoms with E-state index in [0.29, 0.717) is 17.7 Å². The number of imide groups is 1. The Bertz CT molecular complexity index is 1080. The van der Waals surface area contributed by atoms with Crippen LogP contribution in [0.15, 0.2) is 54.9 Å². The second kappa shape index (κ2) is 9.02. The Kier molecular flexibility index (Phi) is 5.79. The molecule has 3 aromatic rings. The highest BCUT2D eigenvalue weighted by Gasteiger charge is 2.32. The maximum atomic E-state index is 12.9. The van der Waals surface area contributed by atoms with Crippen molar-refractivity contribution in [3.05, 3.63) is 66.0 Å². The Labute approximate surface area is 186 Å². The molecule has 0 bridgehead atoms. The topological polar surface area (TPSA) is 81.7 Å². The summed E-state index contributed by atoms with van der Waals surface area (Å²) in [6.07, 6.45) is 5.18. The van der Waals surface area contributed by atoms with Crippen molar-refractivity contribution in [3.63, 3.8) is 0 Å². The molecule has 0 spiro atoms. The highest BCUT2D eigenvalue weighted by atomic mass is 16.2. The minimum Gasteiger partial charge on any atom is -0.338 e. The molecule has 8 nitrogen and oxygen atoms in total. The number of hydrazine groups is 1. The molecular weight excluding hydrogens is 404 g/mol. The molecule has 1 fully saturated rings. The van der Waals surface area contributed by atoms with Gasteiger partial charge in [0.25, 0.3) is 11.8 Å². The first kappa shape index (κ1) is 20.5. The molecule has 164 valence electrons. The Morgan fingerprint density at radius 2 is 1.47 bits per heavy atom. The average molecular weight is 431 g/mol. The van der Waals surface area contributed by atoms with Crippen molar-refractivity contribution in [1.82, 2.24) is 25.3 Å². The van der Waals surface area contributed by atoms with Crippen LogP contribution < -0.4 is 10.3 Å². The number of nitrogens with one attached hydrogen (secondary N) is 1. The van der Waals surface area contributed by atoms with Crippen LogP contribution in [-0.2, 0) is 0 Å². The largest absolute Gasteiger partial charge is 0.338 e. The van der Waals surface area contributed by atoms with E-state index >= 15 is 0 Å². The summed E-state index contributed by atoms with van der Waals surface area (Å²) in [5, 5.41) is 3.93. The van der Waals surface area contributed by atoms with Crippen molar-refractivity contribution in [3.8, 4) is 0 Å². The van der Waals surface area contributed by atoms with E-state index in [1.54, 1.807) is 12.4 Å². The summed E-state index contributed by atoms with van der Waals surface area (Å²) in [7, 11) is 0. The number of hydrogen-bond acceptors (Lipinski definition) is 7. The number of anilines is 1. The number of hydrogen-bond donors (Lipinski definition) is 1. The quantitative estimate of drug-likeness (QED) is 0.455. The zero-order valence-corrected chi connectivity index (χ0v) is 17.9. The van der Waals surface area contributed by atoms with Crippen LogP contribution >= 0.6 is 0 Å². The van der Waals surface area contributed by atoms with Gasteiger partial charge in [0.05, 0.1) is 0 Å². The predicted octanol–water partition coefficient (Wildman–Crippen LogP) is 2.33. The third-order valence-electron chi connectivity index (χ3n) is 6.11. The lowest BCUT2D eigenvalue weighted by Crippen LogP contribution is -2.52. The van der Waals surface area contributed by atoms with Gasteiger partial charge in [-0.3, -0.25) is 19.9 Å². The molecule has 1 aromatic heterocycles. The molecule has 0 aliphatic carbocycles. The maximum absolute atomic E-state index is 12.9. The van der Waals surface area contributed by atoms with Crippen LogP contribution in [0.3, 0.4) is 0 Å². The van der Waals surface area contributed by atoms with Gasteiger partial charge in [-0.2, -0.15) is 0 Å². The van der Waals surface area contributed by atoms with Gasteiger partial charge >= 0.3 is 0 Å². The molecule has 5 rings (SSSR count). The smallest absolute Gasteiger partial charge is 0.261 e. The monoisotopic (exact) mass is 430 g/mol. The van der Waals surface area contributed by atoms with Gasteiger partial charge in [0.2, 0.25) is 5.95 Å². The normalized spacial score (nSPS) is 16.8. The minimum atomic E-state index is -0.188. The molecule has 1 saturated heterocycles. The molecule has 0 saturated carbocycles. The molecule has 0 unspecified atom stereocenters. The molecule has 1 N–H and O–H groups in total. The molecule has 0 radical (unpaired) electrons. The van der Waals surface area contributed by atoms with Gasteiger partial charge in [0, 0.05) is 68.2 Å². The molecule has 32 heavy (non-hydrogen) atoms. The Morgan fingerprint density at radius 3 is 2.12 bits per heavy atom. The minimum absolute atomic E-state index is 0.188. The van der Waals surface area contributed by atoms with Gasteiger partial charge in [0.1, 0.15) is 0 Å². The van der Waals surface area contributed by atoms with Gasteiger partial charge in [-0.25, -0.2) is 15.0 Å². The van der Waals surface area contributed by atoms with Gasteiger partial charge < -0.3 is 4.90 Å². The number of carbonyl (C=O) groups is 2. The molecule has 2 amide bonds. The number of piperazine rings is 1. The maximum Gasteiger partial charge on any atom is 0.261 e.